The molecule has 7 heteroatoms. The van der Waals surface area contributed by atoms with Crippen LogP contribution in [0.4, 0.5) is 11.5 Å². The van der Waals surface area contributed by atoms with Crippen molar-refractivity contribution in [1.82, 2.24) is 14.7 Å². The zero-order valence-corrected chi connectivity index (χ0v) is 18.0. The summed E-state index contributed by atoms with van der Waals surface area (Å²) in [5.74, 6) is 0.507. The molecule has 1 N–H and O–H groups in total. The summed E-state index contributed by atoms with van der Waals surface area (Å²) in [6.07, 6.45) is 3.41. The quantitative estimate of drug-likeness (QED) is 0.335. The van der Waals surface area contributed by atoms with E-state index in [1.165, 1.54) is 6.20 Å². The molecule has 2 heterocycles. The first-order valence-corrected chi connectivity index (χ1v) is 10.6. The Morgan fingerprint density at radius 3 is 2.31 bits per heavy atom. The minimum absolute atomic E-state index is 0.0393. The average Bonchev–Trinajstić information content (AvgIpc) is 2.83. The van der Waals surface area contributed by atoms with Crippen molar-refractivity contribution in [3.63, 3.8) is 0 Å². The number of Topliss-reactive ketones (excluding diaryl/α,β-unsaturated/α-hetero) is 1. The van der Waals surface area contributed by atoms with Gasteiger partial charge >= 0.3 is 5.69 Å². The standard InChI is InChI=1S/C25H24N4O3/c1-3-4-16-28(24-22-6-5-15-26-23(22)29(32)25(31)27-24)21-13-11-20(12-14-21)19-9-7-18(8-10-19)17(2)30/h5-15,32H,3-4,16H2,1-2H3. The molecule has 0 aliphatic carbocycles. The van der Waals surface area contributed by atoms with Gasteiger partial charge in [-0.25, -0.2) is 9.78 Å². The first-order chi connectivity index (χ1) is 15.5. The number of carbonyl (C=O) groups excluding carboxylic acids is 1. The molecular formula is C25H24N4O3. The molecule has 2 aromatic carbocycles. The first-order valence-electron chi connectivity index (χ1n) is 10.6. The third kappa shape index (κ3) is 4.09. The summed E-state index contributed by atoms with van der Waals surface area (Å²) in [6.45, 7) is 4.32. The summed E-state index contributed by atoms with van der Waals surface area (Å²) >= 11 is 0. The molecule has 32 heavy (non-hydrogen) atoms. The van der Waals surface area contributed by atoms with Crippen LogP contribution >= 0.6 is 0 Å². The zero-order valence-electron chi connectivity index (χ0n) is 18.0. The van der Waals surface area contributed by atoms with E-state index in [1.807, 2.05) is 53.4 Å². The summed E-state index contributed by atoms with van der Waals surface area (Å²) in [7, 11) is 0. The van der Waals surface area contributed by atoms with Gasteiger partial charge in [0.15, 0.2) is 11.4 Å². The van der Waals surface area contributed by atoms with Gasteiger partial charge in [-0.1, -0.05) is 49.7 Å². The predicted molar refractivity (Wildman–Crippen MR) is 125 cm³/mol. The number of hydrogen-bond acceptors (Lipinski definition) is 6. The van der Waals surface area contributed by atoms with Crippen molar-refractivity contribution in [3.05, 3.63) is 82.9 Å². The second-order valence-corrected chi connectivity index (χ2v) is 7.59. The van der Waals surface area contributed by atoms with Crippen LogP contribution in [0.5, 0.6) is 0 Å². The van der Waals surface area contributed by atoms with Crippen molar-refractivity contribution >= 4 is 28.3 Å². The number of carbonyl (C=O) groups is 1. The summed E-state index contributed by atoms with van der Waals surface area (Å²) in [5.41, 5.74) is 3.00. The molecule has 2 aromatic heterocycles. The molecule has 0 saturated carbocycles. The average molecular weight is 428 g/mol. The van der Waals surface area contributed by atoms with Crippen molar-refractivity contribution in [2.45, 2.75) is 26.7 Å². The maximum absolute atomic E-state index is 12.3. The Balaban J connectivity index is 1.75. The number of nitrogens with zero attached hydrogens (tertiary/aromatic N) is 4. The number of aromatic nitrogens is 3. The number of fused-ring (bicyclic) bond motifs is 1. The van der Waals surface area contributed by atoms with Crippen molar-refractivity contribution in [1.29, 1.82) is 0 Å². The number of rotatable bonds is 7. The van der Waals surface area contributed by atoms with Gasteiger partial charge in [-0.2, -0.15) is 4.98 Å². The lowest BCUT2D eigenvalue weighted by atomic mass is 10.0. The summed E-state index contributed by atoms with van der Waals surface area (Å²) < 4.78 is 0.477. The number of pyridine rings is 1. The van der Waals surface area contributed by atoms with Crippen LogP contribution in [0.2, 0.25) is 0 Å². The van der Waals surface area contributed by atoms with E-state index < -0.39 is 5.69 Å². The molecular weight excluding hydrogens is 404 g/mol. The van der Waals surface area contributed by atoms with E-state index in [1.54, 1.807) is 19.1 Å². The Morgan fingerprint density at radius 1 is 1.03 bits per heavy atom. The molecule has 162 valence electrons. The highest BCUT2D eigenvalue weighted by Gasteiger charge is 2.18. The molecule has 0 radical (unpaired) electrons. The van der Waals surface area contributed by atoms with Crippen LogP contribution < -0.4 is 10.6 Å². The largest absolute Gasteiger partial charge is 0.422 e. The van der Waals surface area contributed by atoms with Crippen LogP contribution in [-0.2, 0) is 0 Å². The number of anilines is 2. The maximum Gasteiger partial charge on any atom is 0.384 e. The lowest BCUT2D eigenvalue weighted by molar-refractivity contribution is 0.101. The number of hydrogen-bond donors (Lipinski definition) is 1. The maximum atomic E-state index is 12.3. The topological polar surface area (TPSA) is 88.3 Å². The van der Waals surface area contributed by atoms with E-state index in [-0.39, 0.29) is 11.4 Å². The second kappa shape index (κ2) is 9.01. The Kier molecular flexibility index (Phi) is 5.98. The molecule has 0 amide bonds. The number of ketones is 1. The van der Waals surface area contributed by atoms with E-state index in [0.717, 1.165) is 29.7 Å². The highest BCUT2D eigenvalue weighted by atomic mass is 16.5. The highest BCUT2D eigenvalue weighted by molar-refractivity contribution is 5.94. The molecule has 0 aliphatic heterocycles. The third-order valence-corrected chi connectivity index (χ3v) is 5.41. The zero-order chi connectivity index (χ0) is 22.7. The van der Waals surface area contributed by atoms with E-state index in [4.69, 9.17) is 0 Å². The van der Waals surface area contributed by atoms with Gasteiger partial charge in [0.2, 0.25) is 0 Å². The van der Waals surface area contributed by atoms with Crippen LogP contribution in [0.15, 0.2) is 71.7 Å². The molecule has 0 spiro atoms. The van der Waals surface area contributed by atoms with Crippen LogP contribution in [0.3, 0.4) is 0 Å². The van der Waals surface area contributed by atoms with E-state index in [9.17, 15) is 14.8 Å². The molecule has 0 fully saturated rings. The normalized spacial score (nSPS) is 10.9. The van der Waals surface area contributed by atoms with Gasteiger partial charge in [0.05, 0.1) is 5.39 Å². The Labute approximate surface area is 185 Å². The van der Waals surface area contributed by atoms with Crippen LogP contribution in [-0.4, -0.2) is 32.2 Å². The minimum Gasteiger partial charge on any atom is -0.422 e. The summed E-state index contributed by atoms with van der Waals surface area (Å²) in [6, 6.07) is 19.0. The Hall–Kier alpha value is -4.00. The fourth-order valence-corrected chi connectivity index (χ4v) is 3.64. The molecule has 0 aliphatic rings. The lowest BCUT2D eigenvalue weighted by Gasteiger charge is -2.25. The van der Waals surface area contributed by atoms with Crippen LogP contribution in [0, 0.1) is 0 Å². The molecule has 0 bridgehead atoms. The van der Waals surface area contributed by atoms with Crippen LogP contribution in [0.1, 0.15) is 37.0 Å². The third-order valence-electron chi connectivity index (χ3n) is 5.41. The monoisotopic (exact) mass is 428 g/mol. The Bertz CT molecular complexity index is 1310. The van der Waals surface area contributed by atoms with E-state index >= 15 is 0 Å². The van der Waals surface area contributed by atoms with Crippen molar-refractivity contribution in [3.8, 4) is 11.1 Å². The first kappa shape index (κ1) is 21.2. The predicted octanol–water partition coefficient (Wildman–Crippen LogP) is 4.84. The van der Waals surface area contributed by atoms with E-state index in [0.29, 0.717) is 28.0 Å². The molecule has 0 unspecified atom stereocenters. The summed E-state index contributed by atoms with van der Waals surface area (Å²) in [5, 5.41) is 10.7. The van der Waals surface area contributed by atoms with Gasteiger partial charge in [-0.3, -0.25) is 4.79 Å². The second-order valence-electron chi connectivity index (χ2n) is 7.59. The molecule has 4 rings (SSSR count). The van der Waals surface area contributed by atoms with Gasteiger partial charge in [-0.15, -0.1) is 4.73 Å². The van der Waals surface area contributed by atoms with Gasteiger partial charge in [0.1, 0.15) is 5.82 Å². The van der Waals surface area contributed by atoms with Crippen molar-refractivity contribution in [2.75, 3.05) is 11.4 Å². The van der Waals surface area contributed by atoms with Crippen molar-refractivity contribution in [2.24, 2.45) is 0 Å². The SMILES string of the molecule is CCCCN(c1ccc(-c2ccc(C(C)=O)cc2)cc1)c1nc(=O)n(O)c2ncccc12. The highest BCUT2D eigenvalue weighted by Crippen LogP contribution is 2.31. The number of unbranched alkanes of at least 4 members (excludes halogenated alkanes) is 1. The minimum atomic E-state index is -0.769. The summed E-state index contributed by atoms with van der Waals surface area (Å²) in [4.78, 5) is 34.1. The van der Waals surface area contributed by atoms with Gasteiger partial charge in [0.25, 0.3) is 0 Å². The fourth-order valence-electron chi connectivity index (χ4n) is 3.64. The van der Waals surface area contributed by atoms with E-state index in [2.05, 4.69) is 16.9 Å². The van der Waals surface area contributed by atoms with Gasteiger partial charge in [0, 0.05) is 24.0 Å². The van der Waals surface area contributed by atoms with Crippen LogP contribution in [0.25, 0.3) is 22.2 Å². The van der Waals surface area contributed by atoms with Crippen molar-refractivity contribution < 1.29 is 10.0 Å². The smallest absolute Gasteiger partial charge is 0.384 e. The molecule has 7 nitrogen and oxygen atoms in total. The molecule has 0 atom stereocenters. The molecule has 4 aromatic rings. The van der Waals surface area contributed by atoms with Gasteiger partial charge < -0.3 is 10.1 Å². The number of benzene rings is 2. The van der Waals surface area contributed by atoms with Gasteiger partial charge in [-0.05, 0) is 48.7 Å². The lowest BCUT2D eigenvalue weighted by Crippen LogP contribution is -2.28. The molecule has 0 saturated heterocycles. The Morgan fingerprint density at radius 2 is 1.69 bits per heavy atom. The fraction of sp³-hybridized carbons (Fsp3) is 0.200.